The highest BCUT2D eigenvalue weighted by Gasteiger charge is 2.27. The molecule has 0 saturated carbocycles. The third-order valence-corrected chi connectivity index (χ3v) is 5.63. The summed E-state index contributed by atoms with van der Waals surface area (Å²) in [7, 11) is 0. The van der Waals surface area contributed by atoms with Crippen LogP contribution in [0.4, 0.5) is 8.78 Å². The lowest BCUT2D eigenvalue weighted by Crippen LogP contribution is -2.32. The average molecular weight is 443 g/mol. The molecule has 0 fully saturated rings. The second-order valence-corrected chi connectivity index (χ2v) is 8.52. The molecule has 7 nitrogen and oxygen atoms in total. The molecule has 0 spiro atoms. The van der Waals surface area contributed by atoms with Crippen molar-refractivity contribution >= 4 is 5.91 Å². The Hall–Kier alpha value is -3.07. The Morgan fingerprint density at radius 1 is 1.19 bits per heavy atom. The molecular weight excluding hydrogens is 416 g/mol. The summed E-state index contributed by atoms with van der Waals surface area (Å²) < 4.78 is 34.6. The molecule has 0 bridgehead atoms. The minimum absolute atomic E-state index is 0.252. The normalized spacial score (nSPS) is 15.4. The fourth-order valence-electron chi connectivity index (χ4n) is 4.03. The van der Waals surface area contributed by atoms with E-state index >= 15 is 0 Å². The zero-order valence-electron chi connectivity index (χ0n) is 18.2. The van der Waals surface area contributed by atoms with Gasteiger partial charge in [0, 0.05) is 44.2 Å². The maximum atomic E-state index is 14.1. The van der Waals surface area contributed by atoms with E-state index in [0.717, 1.165) is 11.9 Å². The standard InChI is InChI=1S/C23H27F2N5O2/c1-15(2)12-19(26-23(31)20-4-3-11-32-20)22-28-27-21-7-8-29(9-10-30(21)22)14-16-5-6-17(24)13-18(16)25/h3-6,11,13,15,19H,7-10,12,14H2,1-2H3,(H,26,31)/t19-/m1/s1. The van der Waals surface area contributed by atoms with Crippen molar-refractivity contribution in [1.29, 1.82) is 0 Å². The van der Waals surface area contributed by atoms with Crippen LogP contribution in [0.5, 0.6) is 0 Å². The summed E-state index contributed by atoms with van der Waals surface area (Å²) in [5.74, 6) is 0.722. The fourth-order valence-corrected chi connectivity index (χ4v) is 4.03. The van der Waals surface area contributed by atoms with Crippen molar-refractivity contribution in [3.63, 3.8) is 0 Å². The van der Waals surface area contributed by atoms with Gasteiger partial charge in [-0.05, 0) is 30.5 Å². The molecule has 9 heteroatoms. The molecule has 1 amide bonds. The molecule has 1 aliphatic heterocycles. The summed E-state index contributed by atoms with van der Waals surface area (Å²) >= 11 is 0. The zero-order valence-corrected chi connectivity index (χ0v) is 18.2. The maximum Gasteiger partial charge on any atom is 0.287 e. The van der Waals surface area contributed by atoms with Crippen LogP contribution < -0.4 is 5.32 Å². The van der Waals surface area contributed by atoms with Crippen molar-refractivity contribution in [2.24, 2.45) is 5.92 Å². The van der Waals surface area contributed by atoms with E-state index in [1.807, 2.05) is 0 Å². The molecule has 0 radical (unpaired) electrons. The summed E-state index contributed by atoms with van der Waals surface area (Å²) in [6, 6.07) is 6.67. The lowest BCUT2D eigenvalue weighted by molar-refractivity contribution is 0.0900. The van der Waals surface area contributed by atoms with Gasteiger partial charge in [-0.2, -0.15) is 0 Å². The van der Waals surface area contributed by atoms with Gasteiger partial charge in [-0.3, -0.25) is 9.69 Å². The number of rotatable bonds is 7. The Morgan fingerprint density at radius 3 is 2.75 bits per heavy atom. The van der Waals surface area contributed by atoms with Gasteiger partial charge in [-0.1, -0.05) is 19.9 Å². The topological polar surface area (TPSA) is 76.2 Å². The summed E-state index contributed by atoms with van der Waals surface area (Å²) in [4.78, 5) is 14.7. The number of nitrogens with zero attached hydrogens (tertiary/aromatic N) is 4. The first-order chi connectivity index (χ1) is 15.4. The van der Waals surface area contributed by atoms with Gasteiger partial charge in [-0.25, -0.2) is 8.78 Å². The molecular formula is C23H27F2N5O2. The predicted molar refractivity (Wildman–Crippen MR) is 114 cm³/mol. The molecule has 1 aromatic carbocycles. The van der Waals surface area contributed by atoms with Crippen LogP contribution in [-0.2, 0) is 19.5 Å². The van der Waals surface area contributed by atoms with E-state index in [9.17, 15) is 13.6 Å². The minimum atomic E-state index is -0.578. The number of carbonyl (C=O) groups excluding carboxylic acids is 1. The Bertz CT molecular complexity index is 1060. The van der Waals surface area contributed by atoms with E-state index in [1.165, 1.54) is 18.4 Å². The third kappa shape index (κ3) is 5.04. The molecule has 1 aliphatic rings. The Kier molecular flexibility index (Phi) is 6.64. The van der Waals surface area contributed by atoms with Crippen LogP contribution in [0.1, 0.15) is 54.1 Å². The molecule has 0 saturated heterocycles. The minimum Gasteiger partial charge on any atom is -0.459 e. The third-order valence-electron chi connectivity index (χ3n) is 5.63. The number of hydrogen-bond donors (Lipinski definition) is 1. The molecule has 4 rings (SSSR count). The van der Waals surface area contributed by atoms with Crippen molar-refractivity contribution in [3.8, 4) is 0 Å². The quantitative estimate of drug-likeness (QED) is 0.602. The van der Waals surface area contributed by atoms with E-state index in [4.69, 9.17) is 4.42 Å². The molecule has 170 valence electrons. The van der Waals surface area contributed by atoms with Gasteiger partial charge >= 0.3 is 0 Å². The summed E-state index contributed by atoms with van der Waals surface area (Å²) in [6.45, 7) is 6.53. The monoisotopic (exact) mass is 443 g/mol. The van der Waals surface area contributed by atoms with E-state index in [2.05, 4.69) is 38.8 Å². The fraction of sp³-hybridized carbons (Fsp3) is 0.435. The predicted octanol–water partition coefficient (Wildman–Crippen LogP) is 3.72. The summed E-state index contributed by atoms with van der Waals surface area (Å²) in [5, 5.41) is 11.8. The van der Waals surface area contributed by atoms with Gasteiger partial charge in [0.1, 0.15) is 17.5 Å². The molecule has 3 aromatic rings. The van der Waals surface area contributed by atoms with Crippen LogP contribution in [0.25, 0.3) is 0 Å². The van der Waals surface area contributed by atoms with Gasteiger partial charge in [0.2, 0.25) is 0 Å². The number of benzene rings is 1. The van der Waals surface area contributed by atoms with Crippen molar-refractivity contribution in [2.45, 2.75) is 45.8 Å². The van der Waals surface area contributed by atoms with Gasteiger partial charge in [0.15, 0.2) is 11.6 Å². The highest BCUT2D eigenvalue weighted by Crippen LogP contribution is 2.23. The van der Waals surface area contributed by atoms with Crippen LogP contribution in [-0.4, -0.2) is 38.7 Å². The maximum absolute atomic E-state index is 14.1. The van der Waals surface area contributed by atoms with Crippen molar-refractivity contribution in [3.05, 3.63) is 71.2 Å². The Balaban J connectivity index is 1.49. The van der Waals surface area contributed by atoms with Crippen LogP contribution in [0.3, 0.4) is 0 Å². The van der Waals surface area contributed by atoms with Crippen molar-refractivity contribution in [2.75, 3.05) is 13.1 Å². The molecule has 2 aromatic heterocycles. The average Bonchev–Trinajstić information content (AvgIpc) is 3.37. The number of halogens is 2. The van der Waals surface area contributed by atoms with E-state index < -0.39 is 11.6 Å². The van der Waals surface area contributed by atoms with E-state index in [0.29, 0.717) is 56.3 Å². The molecule has 1 atom stereocenters. The van der Waals surface area contributed by atoms with Crippen molar-refractivity contribution in [1.82, 2.24) is 25.0 Å². The van der Waals surface area contributed by atoms with Crippen molar-refractivity contribution < 1.29 is 18.0 Å². The van der Waals surface area contributed by atoms with E-state index in [-0.39, 0.29) is 17.7 Å². The molecule has 1 N–H and O–H groups in total. The number of nitrogens with one attached hydrogen (secondary N) is 1. The van der Waals surface area contributed by atoms with Crippen LogP contribution >= 0.6 is 0 Å². The first-order valence-electron chi connectivity index (χ1n) is 10.8. The lowest BCUT2D eigenvalue weighted by atomic mass is 10.0. The number of hydrogen-bond acceptors (Lipinski definition) is 5. The zero-order chi connectivity index (χ0) is 22.7. The smallest absolute Gasteiger partial charge is 0.287 e. The number of carbonyl (C=O) groups is 1. The lowest BCUT2D eigenvalue weighted by Gasteiger charge is -2.22. The first kappa shape index (κ1) is 22.1. The molecule has 0 unspecified atom stereocenters. The Morgan fingerprint density at radius 2 is 2.03 bits per heavy atom. The van der Waals surface area contributed by atoms with Crippen LogP contribution in [0.15, 0.2) is 41.0 Å². The highest BCUT2D eigenvalue weighted by atomic mass is 19.1. The number of amides is 1. The molecule has 32 heavy (non-hydrogen) atoms. The van der Waals surface area contributed by atoms with Crippen LogP contribution in [0, 0.1) is 17.6 Å². The number of furan rings is 1. The van der Waals surface area contributed by atoms with Gasteiger partial charge < -0.3 is 14.3 Å². The van der Waals surface area contributed by atoms with Crippen LogP contribution in [0.2, 0.25) is 0 Å². The SMILES string of the molecule is CC(C)C[C@@H](NC(=O)c1ccco1)c1nnc2n1CCN(Cc1ccc(F)cc1F)CC2. The largest absolute Gasteiger partial charge is 0.459 e. The van der Waals surface area contributed by atoms with Gasteiger partial charge in [-0.15, -0.1) is 10.2 Å². The van der Waals surface area contributed by atoms with Gasteiger partial charge in [0.25, 0.3) is 5.91 Å². The molecule has 3 heterocycles. The van der Waals surface area contributed by atoms with E-state index in [1.54, 1.807) is 12.1 Å². The van der Waals surface area contributed by atoms with Gasteiger partial charge in [0.05, 0.1) is 12.3 Å². The number of fused-ring (bicyclic) bond motifs is 1. The Labute approximate surface area is 185 Å². The first-order valence-corrected chi connectivity index (χ1v) is 10.8. The summed E-state index contributed by atoms with van der Waals surface area (Å²) in [5.41, 5.74) is 0.465. The molecule has 0 aliphatic carbocycles. The second-order valence-electron chi connectivity index (χ2n) is 8.52. The summed E-state index contributed by atoms with van der Waals surface area (Å²) in [6.07, 6.45) is 2.82. The second kappa shape index (κ2) is 9.60. The highest BCUT2D eigenvalue weighted by molar-refractivity contribution is 5.91. The number of aromatic nitrogens is 3.